The van der Waals surface area contributed by atoms with Gasteiger partial charge in [-0.25, -0.2) is 4.79 Å². The molecule has 0 spiro atoms. The molecule has 0 aliphatic carbocycles. The molecule has 4 rings (SSSR count). The van der Waals surface area contributed by atoms with Crippen molar-refractivity contribution in [2.75, 3.05) is 17.7 Å². The number of aryl methyl sites for hydroxylation is 2. The number of carbonyl (C=O) groups is 1. The van der Waals surface area contributed by atoms with Crippen LogP contribution in [0.3, 0.4) is 0 Å². The average Bonchev–Trinajstić information content (AvgIpc) is 2.92. The van der Waals surface area contributed by atoms with Crippen molar-refractivity contribution >= 4 is 39.5 Å². The van der Waals surface area contributed by atoms with Gasteiger partial charge in [-0.3, -0.25) is 9.67 Å². The van der Waals surface area contributed by atoms with Crippen molar-refractivity contribution < 1.29 is 9.53 Å². The minimum absolute atomic E-state index is 0.00531. The van der Waals surface area contributed by atoms with Crippen LogP contribution in [0.2, 0.25) is 0 Å². The topological polar surface area (TPSA) is 69.0 Å². The monoisotopic (exact) mass is 486 g/mol. The van der Waals surface area contributed by atoms with Gasteiger partial charge in [0.05, 0.1) is 17.6 Å². The summed E-state index contributed by atoms with van der Waals surface area (Å²) in [5.74, 6) is 1.17. The van der Waals surface area contributed by atoms with E-state index in [4.69, 9.17) is 9.84 Å². The van der Waals surface area contributed by atoms with Gasteiger partial charge in [0.15, 0.2) is 0 Å². The lowest BCUT2D eigenvalue weighted by molar-refractivity contribution is -0.143. The Morgan fingerprint density at radius 2 is 2.20 bits per heavy atom. The maximum Gasteiger partial charge on any atom is 0.329 e. The van der Waals surface area contributed by atoms with Crippen molar-refractivity contribution in [3.05, 3.63) is 63.8 Å². The Kier molecular flexibility index (Phi) is 6.15. The van der Waals surface area contributed by atoms with Crippen molar-refractivity contribution in [2.45, 2.75) is 25.1 Å². The van der Waals surface area contributed by atoms with Gasteiger partial charge in [-0.1, -0.05) is 28.1 Å². The number of thioether (sulfide) groups is 1. The van der Waals surface area contributed by atoms with Gasteiger partial charge in [0.1, 0.15) is 17.6 Å². The predicted octanol–water partition coefficient (Wildman–Crippen LogP) is 4.73. The normalized spacial score (nSPS) is 18.3. The third kappa shape index (κ3) is 3.98. The summed E-state index contributed by atoms with van der Waals surface area (Å²) in [5.41, 5.74) is 5.05. The Hall–Kier alpha value is -2.32. The molecular weight excluding hydrogens is 464 g/mol. The highest BCUT2D eigenvalue weighted by Crippen LogP contribution is 2.47. The van der Waals surface area contributed by atoms with E-state index in [2.05, 4.69) is 51.4 Å². The third-order valence-corrected chi connectivity index (χ3v) is 6.92. The number of ether oxygens (including phenoxy) is 1. The zero-order valence-electron chi connectivity index (χ0n) is 17.1. The van der Waals surface area contributed by atoms with Crippen molar-refractivity contribution in [2.24, 2.45) is 7.05 Å². The van der Waals surface area contributed by atoms with E-state index in [0.29, 0.717) is 12.4 Å². The van der Waals surface area contributed by atoms with Crippen LogP contribution in [0, 0.1) is 6.92 Å². The standard InChI is InChI=1S/C22H23BrN4O2S/c1-4-29-22(28)17-12-30-20(15-9-8-14(23)11-13(15)2)18-19(16-7-5-6-10-24-16)26-27(3)21(18)25-17/h5-11,17,20,25H,4,12H2,1-3H3/t17-,20-/m0/s1. The Morgan fingerprint density at radius 1 is 1.37 bits per heavy atom. The predicted molar refractivity (Wildman–Crippen MR) is 124 cm³/mol. The van der Waals surface area contributed by atoms with Crippen LogP contribution in [0.4, 0.5) is 5.82 Å². The average molecular weight is 487 g/mol. The molecule has 1 aliphatic rings. The number of nitrogens with zero attached hydrogens (tertiary/aromatic N) is 3. The fraction of sp³-hybridized carbons (Fsp3) is 0.318. The molecule has 2 aromatic heterocycles. The number of halogens is 1. The summed E-state index contributed by atoms with van der Waals surface area (Å²) in [5, 5.41) is 8.19. The fourth-order valence-corrected chi connectivity index (χ4v) is 5.60. The summed E-state index contributed by atoms with van der Waals surface area (Å²) < 4.78 is 8.15. The number of nitrogens with one attached hydrogen (secondary N) is 1. The quantitative estimate of drug-likeness (QED) is 0.537. The number of rotatable bonds is 4. The zero-order valence-corrected chi connectivity index (χ0v) is 19.5. The summed E-state index contributed by atoms with van der Waals surface area (Å²) in [4.78, 5) is 17.1. The molecule has 8 heteroatoms. The first-order valence-corrected chi connectivity index (χ1v) is 11.6. The number of hydrogen-bond acceptors (Lipinski definition) is 6. The third-order valence-electron chi connectivity index (χ3n) is 5.08. The second-order valence-corrected chi connectivity index (χ2v) is 9.17. The summed E-state index contributed by atoms with van der Waals surface area (Å²) in [7, 11) is 1.89. The molecule has 1 N–H and O–H groups in total. The minimum Gasteiger partial charge on any atom is -0.464 e. The van der Waals surface area contributed by atoms with E-state index >= 15 is 0 Å². The van der Waals surface area contributed by atoms with Crippen LogP contribution < -0.4 is 5.32 Å². The van der Waals surface area contributed by atoms with E-state index in [-0.39, 0.29) is 11.2 Å². The number of hydrogen-bond donors (Lipinski definition) is 1. The maximum absolute atomic E-state index is 12.6. The minimum atomic E-state index is -0.443. The molecular formula is C22H23BrN4O2S. The number of pyridine rings is 1. The van der Waals surface area contributed by atoms with Crippen LogP contribution in [0.25, 0.3) is 11.4 Å². The van der Waals surface area contributed by atoms with Gasteiger partial charge in [0, 0.05) is 29.0 Å². The molecule has 0 bridgehead atoms. The van der Waals surface area contributed by atoms with Crippen LogP contribution in [-0.2, 0) is 16.6 Å². The fourth-order valence-electron chi connectivity index (χ4n) is 3.68. The Balaban J connectivity index is 1.88. The molecule has 0 fully saturated rings. The van der Waals surface area contributed by atoms with Crippen molar-refractivity contribution in [3.8, 4) is 11.4 Å². The zero-order chi connectivity index (χ0) is 21.3. The van der Waals surface area contributed by atoms with Gasteiger partial charge in [0.2, 0.25) is 0 Å². The molecule has 30 heavy (non-hydrogen) atoms. The van der Waals surface area contributed by atoms with Gasteiger partial charge in [-0.2, -0.15) is 5.10 Å². The molecule has 156 valence electrons. The SMILES string of the molecule is CCOC(=O)[C@@H]1CS[C@@H](c2ccc(Br)cc2C)c2c(-c3ccccn3)nn(C)c2N1. The van der Waals surface area contributed by atoms with E-state index in [1.807, 2.05) is 32.2 Å². The van der Waals surface area contributed by atoms with Gasteiger partial charge < -0.3 is 10.1 Å². The molecule has 6 nitrogen and oxygen atoms in total. The van der Waals surface area contributed by atoms with Crippen molar-refractivity contribution in [3.63, 3.8) is 0 Å². The number of aromatic nitrogens is 3. The molecule has 0 saturated heterocycles. The summed E-state index contributed by atoms with van der Waals surface area (Å²) in [6, 6.07) is 11.7. The number of esters is 1. The van der Waals surface area contributed by atoms with E-state index < -0.39 is 6.04 Å². The van der Waals surface area contributed by atoms with Gasteiger partial charge in [-0.15, -0.1) is 11.8 Å². The molecule has 0 saturated carbocycles. The van der Waals surface area contributed by atoms with Gasteiger partial charge in [-0.05, 0) is 49.2 Å². The Bertz CT molecular complexity index is 1070. The Morgan fingerprint density at radius 3 is 2.90 bits per heavy atom. The van der Waals surface area contributed by atoms with Crippen LogP contribution in [0.15, 0.2) is 47.1 Å². The molecule has 3 heterocycles. The summed E-state index contributed by atoms with van der Waals surface area (Å²) in [6.45, 7) is 4.29. The van der Waals surface area contributed by atoms with E-state index in [1.54, 1.807) is 22.6 Å². The van der Waals surface area contributed by atoms with Crippen LogP contribution >= 0.6 is 27.7 Å². The van der Waals surface area contributed by atoms with Crippen LogP contribution in [-0.4, -0.2) is 39.1 Å². The highest BCUT2D eigenvalue weighted by Gasteiger charge is 2.35. The molecule has 0 amide bonds. The van der Waals surface area contributed by atoms with E-state index in [9.17, 15) is 4.79 Å². The number of anilines is 1. The molecule has 3 aromatic rings. The Labute approximate surface area is 188 Å². The second kappa shape index (κ2) is 8.81. The number of benzene rings is 1. The number of fused-ring (bicyclic) bond motifs is 1. The van der Waals surface area contributed by atoms with Gasteiger partial charge in [0.25, 0.3) is 0 Å². The maximum atomic E-state index is 12.6. The largest absolute Gasteiger partial charge is 0.464 e. The molecule has 2 atom stereocenters. The van der Waals surface area contributed by atoms with Crippen molar-refractivity contribution in [1.82, 2.24) is 14.8 Å². The van der Waals surface area contributed by atoms with Crippen LogP contribution in [0.5, 0.6) is 0 Å². The first-order valence-electron chi connectivity index (χ1n) is 9.78. The van der Waals surface area contributed by atoms with Gasteiger partial charge >= 0.3 is 5.97 Å². The van der Waals surface area contributed by atoms with E-state index in [0.717, 1.165) is 27.2 Å². The smallest absolute Gasteiger partial charge is 0.329 e. The first-order chi connectivity index (χ1) is 14.5. The highest BCUT2D eigenvalue weighted by molar-refractivity contribution is 9.10. The highest BCUT2D eigenvalue weighted by atomic mass is 79.9. The van der Waals surface area contributed by atoms with Crippen LogP contribution in [0.1, 0.15) is 28.9 Å². The summed E-state index contributed by atoms with van der Waals surface area (Å²) in [6.07, 6.45) is 1.77. The molecule has 1 aliphatic heterocycles. The lowest BCUT2D eigenvalue weighted by Crippen LogP contribution is -2.33. The van der Waals surface area contributed by atoms with Crippen molar-refractivity contribution in [1.29, 1.82) is 0 Å². The second-order valence-electron chi connectivity index (χ2n) is 7.11. The first kappa shape index (κ1) is 20.9. The summed E-state index contributed by atoms with van der Waals surface area (Å²) >= 11 is 5.29. The van der Waals surface area contributed by atoms with E-state index in [1.165, 1.54) is 11.1 Å². The molecule has 0 radical (unpaired) electrons. The lowest BCUT2D eigenvalue weighted by atomic mass is 9.98. The lowest BCUT2D eigenvalue weighted by Gasteiger charge is -2.19. The molecule has 0 unspecified atom stereocenters. The number of carbonyl (C=O) groups excluding carboxylic acids is 1. The molecule has 1 aromatic carbocycles.